The van der Waals surface area contributed by atoms with Crippen LogP contribution in [0.25, 0.3) is 0 Å². The van der Waals surface area contributed by atoms with Crippen LogP contribution >= 0.6 is 0 Å². The number of aliphatic carboxylic acids is 1. The Morgan fingerprint density at radius 2 is 1.75 bits per heavy atom. The number of likely N-dealkylation sites (tertiary alicyclic amines) is 1. The summed E-state index contributed by atoms with van der Waals surface area (Å²) in [6.07, 6.45) is 3.86. The number of carbonyl (C=O) groups is 4. The van der Waals surface area contributed by atoms with E-state index in [2.05, 4.69) is 15.5 Å². The van der Waals surface area contributed by atoms with Crippen LogP contribution in [0.4, 0.5) is 18.4 Å². The molecule has 1 saturated heterocycles. The lowest BCUT2D eigenvalue weighted by molar-refractivity contribution is -0.138. The Balaban J connectivity index is 1.18. The minimum absolute atomic E-state index is 0.00720. The average Bonchev–Trinajstić information content (AvgIpc) is 3.05. The number of esters is 1. The Hall–Kier alpha value is -4.56. The third-order valence-electron chi connectivity index (χ3n) is 9.18. The predicted molar refractivity (Wildman–Crippen MR) is 168 cm³/mol. The average molecular weight is 671 g/mol. The molecule has 2 fully saturated rings. The van der Waals surface area contributed by atoms with Crippen LogP contribution in [0.2, 0.25) is 0 Å². The zero-order valence-electron chi connectivity index (χ0n) is 26.9. The van der Waals surface area contributed by atoms with Gasteiger partial charge >= 0.3 is 24.0 Å². The molecule has 0 unspecified atom stereocenters. The van der Waals surface area contributed by atoms with Gasteiger partial charge in [-0.3, -0.25) is 9.69 Å². The SMILES string of the molecule is COCC1=C(C(=O)OC)[C@H](c2ccc(F)c(F)c2)N(C(=O)NCC2CN([C@H]3CC[C@H](c4ccccc4OCCC(=O)O)CC3)C2)C(=O)N1. The zero-order valence-corrected chi connectivity index (χ0v) is 26.9. The number of hydrogen-bond acceptors (Lipinski definition) is 8. The number of amides is 4. The number of hydrogen-bond donors (Lipinski definition) is 3. The molecule has 1 atom stereocenters. The van der Waals surface area contributed by atoms with E-state index in [0.717, 1.165) is 74.2 Å². The molecule has 258 valence electrons. The second kappa shape index (κ2) is 15.6. The van der Waals surface area contributed by atoms with E-state index in [1.165, 1.54) is 13.2 Å². The highest BCUT2D eigenvalue weighted by molar-refractivity contribution is 6.01. The van der Waals surface area contributed by atoms with Crippen molar-refractivity contribution in [2.45, 2.75) is 50.1 Å². The van der Waals surface area contributed by atoms with E-state index in [-0.39, 0.29) is 48.9 Å². The highest BCUT2D eigenvalue weighted by Gasteiger charge is 2.44. The summed E-state index contributed by atoms with van der Waals surface area (Å²) in [5.41, 5.74) is 1.02. The summed E-state index contributed by atoms with van der Waals surface area (Å²) < 4.78 is 44.0. The van der Waals surface area contributed by atoms with Gasteiger partial charge in [0.1, 0.15) is 11.8 Å². The number of nitrogens with zero attached hydrogens (tertiary/aromatic N) is 2. The molecule has 0 aromatic heterocycles. The molecular weight excluding hydrogens is 630 g/mol. The number of halogens is 2. The Labute approximate surface area is 277 Å². The molecule has 12 nitrogen and oxygen atoms in total. The Bertz CT molecular complexity index is 1560. The third kappa shape index (κ3) is 7.76. The van der Waals surface area contributed by atoms with Gasteiger partial charge < -0.3 is 30.0 Å². The van der Waals surface area contributed by atoms with E-state index in [1.54, 1.807) is 0 Å². The maximum atomic E-state index is 14.3. The van der Waals surface area contributed by atoms with Crippen LogP contribution in [0, 0.1) is 17.6 Å². The molecule has 0 bridgehead atoms. The van der Waals surface area contributed by atoms with Crippen LogP contribution in [-0.4, -0.2) is 92.0 Å². The van der Waals surface area contributed by atoms with Gasteiger partial charge in [-0.05, 0) is 60.9 Å². The van der Waals surface area contributed by atoms with Gasteiger partial charge in [-0.1, -0.05) is 24.3 Å². The number of benzene rings is 2. The van der Waals surface area contributed by atoms with Gasteiger partial charge in [-0.2, -0.15) is 0 Å². The van der Waals surface area contributed by atoms with E-state index < -0.39 is 41.7 Å². The van der Waals surface area contributed by atoms with E-state index in [0.29, 0.717) is 12.0 Å². The molecule has 2 aromatic rings. The van der Waals surface area contributed by atoms with Crippen LogP contribution in [0.1, 0.15) is 55.2 Å². The molecule has 1 saturated carbocycles. The minimum atomic E-state index is -1.40. The first-order valence-corrected chi connectivity index (χ1v) is 15.9. The molecule has 3 N–H and O–H groups in total. The Morgan fingerprint density at radius 3 is 2.42 bits per heavy atom. The predicted octanol–water partition coefficient (Wildman–Crippen LogP) is 4.33. The molecule has 0 radical (unpaired) electrons. The molecule has 5 rings (SSSR count). The monoisotopic (exact) mass is 670 g/mol. The van der Waals surface area contributed by atoms with Crippen molar-refractivity contribution in [3.05, 3.63) is 76.5 Å². The first-order valence-electron chi connectivity index (χ1n) is 15.9. The van der Waals surface area contributed by atoms with Crippen molar-refractivity contribution in [2.24, 2.45) is 5.92 Å². The van der Waals surface area contributed by atoms with E-state index in [1.807, 2.05) is 24.3 Å². The summed E-state index contributed by atoms with van der Waals surface area (Å²) in [7, 11) is 2.49. The number of rotatable bonds is 12. The largest absolute Gasteiger partial charge is 0.493 e. The highest BCUT2D eigenvalue weighted by atomic mass is 19.2. The maximum absolute atomic E-state index is 14.3. The summed E-state index contributed by atoms with van der Waals surface area (Å²) in [4.78, 5) is 53.7. The van der Waals surface area contributed by atoms with Crippen LogP contribution in [0.3, 0.4) is 0 Å². The van der Waals surface area contributed by atoms with Gasteiger partial charge in [-0.15, -0.1) is 0 Å². The molecule has 2 aromatic carbocycles. The zero-order chi connectivity index (χ0) is 34.4. The molecule has 3 aliphatic rings. The fourth-order valence-corrected chi connectivity index (χ4v) is 6.78. The number of imide groups is 1. The molecule has 4 amide bonds. The molecule has 2 aliphatic heterocycles. The molecule has 14 heteroatoms. The summed E-state index contributed by atoms with van der Waals surface area (Å²) in [6, 6.07) is 8.04. The number of carboxylic acid groups (broad SMARTS) is 1. The lowest BCUT2D eigenvalue weighted by atomic mass is 9.79. The Morgan fingerprint density at radius 1 is 1.02 bits per heavy atom. The van der Waals surface area contributed by atoms with Crippen molar-refractivity contribution in [1.82, 2.24) is 20.4 Å². The van der Waals surface area contributed by atoms with Gasteiger partial charge in [0.2, 0.25) is 0 Å². The standard InChI is InChI=1S/C34H40F2N4O8/c1-46-19-27-30(32(43)47-2)31(22-9-12-25(35)26(36)15-22)40(34(45)38-27)33(44)37-16-20-17-39(18-20)23-10-7-21(8-11-23)24-5-3-4-6-28(24)48-14-13-29(41)42/h3-6,9,12,15,20-21,23,31H,7-8,10-11,13-14,16-19H2,1-2H3,(H,37,44)(H,38,45)(H,41,42)/t21-,23-,31-/m0/s1. The molecule has 1 aliphatic carbocycles. The van der Waals surface area contributed by atoms with E-state index >= 15 is 0 Å². The van der Waals surface area contributed by atoms with Crippen LogP contribution in [0.15, 0.2) is 53.7 Å². The quantitative estimate of drug-likeness (QED) is 0.281. The van der Waals surface area contributed by atoms with Crippen LogP contribution in [0.5, 0.6) is 5.75 Å². The Kier molecular flexibility index (Phi) is 11.3. The molecule has 2 heterocycles. The van der Waals surface area contributed by atoms with Gasteiger partial charge in [-0.25, -0.2) is 28.1 Å². The fourth-order valence-electron chi connectivity index (χ4n) is 6.78. The number of ether oxygens (including phenoxy) is 3. The lowest BCUT2D eigenvalue weighted by Gasteiger charge is -2.47. The number of para-hydroxylation sites is 1. The summed E-state index contributed by atoms with van der Waals surface area (Å²) in [5.74, 6) is -2.90. The number of methoxy groups -OCH3 is 2. The van der Waals surface area contributed by atoms with Crippen molar-refractivity contribution in [3.8, 4) is 5.75 Å². The maximum Gasteiger partial charge on any atom is 0.338 e. The van der Waals surface area contributed by atoms with Crippen molar-refractivity contribution in [2.75, 3.05) is 47.1 Å². The smallest absolute Gasteiger partial charge is 0.338 e. The van der Waals surface area contributed by atoms with Gasteiger partial charge in [0, 0.05) is 38.7 Å². The van der Waals surface area contributed by atoms with Crippen molar-refractivity contribution in [1.29, 1.82) is 0 Å². The first kappa shape index (κ1) is 34.8. The van der Waals surface area contributed by atoms with Gasteiger partial charge in [0.05, 0.1) is 38.0 Å². The van der Waals surface area contributed by atoms with Crippen molar-refractivity contribution >= 4 is 24.0 Å². The van der Waals surface area contributed by atoms with E-state index in [9.17, 15) is 28.0 Å². The van der Waals surface area contributed by atoms with E-state index in [4.69, 9.17) is 19.3 Å². The molecule has 48 heavy (non-hydrogen) atoms. The topological polar surface area (TPSA) is 147 Å². The fraction of sp³-hybridized carbons (Fsp3) is 0.471. The molecular formula is C34H40F2N4O8. The summed E-state index contributed by atoms with van der Waals surface area (Å²) in [5, 5.41) is 14.2. The van der Waals surface area contributed by atoms with Crippen LogP contribution in [-0.2, 0) is 19.1 Å². The normalized spacial score (nSPS) is 21.7. The van der Waals surface area contributed by atoms with Crippen molar-refractivity contribution in [3.63, 3.8) is 0 Å². The van der Waals surface area contributed by atoms with Gasteiger partial charge in [0.15, 0.2) is 11.6 Å². The number of nitrogens with one attached hydrogen (secondary N) is 2. The van der Waals surface area contributed by atoms with Gasteiger partial charge in [0.25, 0.3) is 0 Å². The highest BCUT2D eigenvalue weighted by Crippen LogP contribution is 2.40. The first-order chi connectivity index (χ1) is 23.1. The second-order valence-corrected chi connectivity index (χ2v) is 12.2. The third-order valence-corrected chi connectivity index (χ3v) is 9.18. The number of urea groups is 2. The summed E-state index contributed by atoms with van der Waals surface area (Å²) in [6.45, 7) is 1.71. The number of carbonyl (C=O) groups excluding carboxylic acids is 3. The van der Waals surface area contributed by atoms with Crippen LogP contribution < -0.4 is 15.4 Å². The summed E-state index contributed by atoms with van der Waals surface area (Å²) >= 11 is 0. The minimum Gasteiger partial charge on any atom is -0.493 e. The molecule has 0 spiro atoms. The number of carboxylic acids is 1. The lowest BCUT2D eigenvalue weighted by Crippen LogP contribution is -2.59. The van der Waals surface area contributed by atoms with Crippen molar-refractivity contribution < 1.29 is 47.3 Å². The second-order valence-electron chi connectivity index (χ2n) is 12.2.